The summed E-state index contributed by atoms with van der Waals surface area (Å²) < 4.78 is 33.6. The first-order valence-corrected chi connectivity index (χ1v) is 27.2. The number of phosphoric acid groups is 1. The van der Waals surface area contributed by atoms with Gasteiger partial charge in [0.25, 0.3) is 0 Å². The van der Waals surface area contributed by atoms with Crippen molar-refractivity contribution in [3.8, 4) is 0 Å². The highest BCUT2D eigenvalue weighted by Gasteiger charge is 2.25. The lowest BCUT2D eigenvalue weighted by atomic mass is 10.0. The van der Waals surface area contributed by atoms with Crippen molar-refractivity contribution < 1.29 is 32.8 Å². The Morgan fingerprint density at radius 1 is 0.484 bits per heavy atom. The van der Waals surface area contributed by atoms with Crippen LogP contribution < -0.4 is 5.73 Å². The van der Waals surface area contributed by atoms with Gasteiger partial charge in [-0.3, -0.25) is 13.8 Å². The number of rotatable bonds is 48. The van der Waals surface area contributed by atoms with Crippen molar-refractivity contribution in [3.05, 3.63) is 97.2 Å². The zero-order valence-corrected chi connectivity index (χ0v) is 41.9. The van der Waals surface area contributed by atoms with E-state index >= 15 is 0 Å². The highest BCUT2D eigenvalue weighted by atomic mass is 31.2. The second kappa shape index (κ2) is 51.4. The molecule has 0 aromatic heterocycles. The maximum absolute atomic E-state index is 12.7. The molecule has 2 unspecified atom stereocenters. The Hall–Kier alpha value is -2.58. The van der Waals surface area contributed by atoms with E-state index in [-0.39, 0.29) is 32.3 Å². The number of carbonyl (C=O) groups is 1. The van der Waals surface area contributed by atoms with E-state index in [2.05, 4.69) is 111 Å². The molecule has 0 aromatic carbocycles. The Balaban J connectivity index is 4.02. The molecule has 0 radical (unpaired) electrons. The summed E-state index contributed by atoms with van der Waals surface area (Å²) in [6.45, 7) is 4.72. The number of hydrogen-bond acceptors (Lipinski definition) is 7. The first-order chi connectivity index (χ1) is 31.4. The lowest BCUT2D eigenvalue weighted by Crippen LogP contribution is -2.28. The van der Waals surface area contributed by atoms with Crippen LogP contribution in [-0.2, 0) is 27.9 Å². The van der Waals surface area contributed by atoms with Gasteiger partial charge in [0.05, 0.1) is 19.8 Å². The smallest absolute Gasteiger partial charge is 0.457 e. The number of unbranched alkanes of at least 4 members (excludes halogenated alkanes) is 19. The first kappa shape index (κ1) is 61.4. The van der Waals surface area contributed by atoms with E-state index < -0.39 is 13.9 Å². The van der Waals surface area contributed by atoms with Crippen LogP contribution in [0.1, 0.15) is 206 Å². The number of carbonyl (C=O) groups excluding carboxylic acids is 1. The second-order valence-corrected chi connectivity index (χ2v) is 18.1. The van der Waals surface area contributed by atoms with Crippen molar-refractivity contribution in [1.82, 2.24) is 0 Å². The Morgan fingerprint density at radius 2 is 0.875 bits per heavy atom. The fraction of sp³-hybridized carbons (Fsp3) is 0.691. The van der Waals surface area contributed by atoms with Gasteiger partial charge in [-0.05, 0) is 96.3 Å². The van der Waals surface area contributed by atoms with Crippen molar-refractivity contribution in [3.63, 3.8) is 0 Å². The number of esters is 1. The molecule has 0 rings (SSSR count). The summed E-state index contributed by atoms with van der Waals surface area (Å²) in [6.07, 6.45) is 68.7. The molecule has 0 aliphatic rings. The molecule has 0 spiro atoms. The molecular formula is C55H96NO7P. The predicted octanol–water partition coefficient (Wildman–Crippen LogP) is 16.2. The summed E-state index contributed by atoms with van der Waals surface area (Å²) in [5.41, 5.74) is 5.39. The van der Waals surface area contributed by atoms with Crippen molar-refractivity contribution in [1.29, 1.82) is 0 Å². The summed E-state index contributed by atoms with van der Waals surface area (Å²) in [5.74, 6) is -0.347. The zero-order chi connectivity index (χ0) is 46.5. The molecule has 0 saturated carbocycles. The predicted molar refractivity (Wildman–Crippen MR) is 274 cm³/mol. The van der Waals surface area contributed by atoms with Crippen LogP contribution in [-0.4, -0.2) is 49.9 Å². The van der Waals surface area contributed by atoms with Crippen LogP contribution in [0.2, 0.25) is 0 Å². The summed E-state index contributed by atoms with van der Waals surface area (Å²) in [7, 11) is -4.30. The molecule has 368 valence electrons. The van der Waals surface area contributed by atoms with Crippen LogP contribution in [0.15, 0.2) is 97.2 Å². The molecule has 0 aromatic rings. The summed E-state index contributed by atoms with van der Waals surface area (Å²) in [4.78, 5) is 22.6. The van der Waals surface area contributed by atoms with Gasteiger partial charge < -0.3 is 20.1 Å². The molecule has 0 aliphatic carbocycles. The highest BCUT2D eigenvalue weighted by Crippen LogP contribution is 2.43. The number of ether oxygens (including phenoxy) is 2. The van der Waals surface area contributed by atoms with Crippen LogP contribution in [0.4, 0.5) is 0 Å². The van der Waals surface area contributed by atoms with Gasteiger partial charge in [0.1, 0.15) is 6.10 Å². The molecule has 0 fully saturated rings. The van der Waals surface area contributed by atoms with Crippen LogP contribution in [0.3, 0.4) is 0 Å². The Morgan fingerprint density at radius 3 is 1.31 bits per heavy atom. The van der Waals surface area contributed by atoms with Gasteiger partial charge in [0, 0.05) is 19.6 Å². The first-order valence-electron chi connectivity index (χ1n) is 25.7. The molecule has 2 atom stereocenters. The third-order valence-electron chi connectivity index (χ3n) is 10.5. The standard InChI is InChI=1S/C55H96NO7P/c1-3-5-7-9-11-13-15-17-19-21-23-25-26-27-28-29-30-32-34-36-38-40-42-44-46-48-55(57)63-54(53-62-64(58,59)61-51-49-56)52-60-50-47-45-43-41-39-37-35-33-31-24-22-20-18-16-14-12-10-8-6-4-2/h6,8,12,14-15,17-18,20-21,23-24,26-27,31,35,37,54H,3-5,7,9-11,13,16,19,22,25,28-30,32-34,36,38-53,56H2,1-2H3,(H,58,59)/b8-6-,14-12-,17-15-,20-18-,23-21-,27-26-,31-24-,37-35-. The highest BCUT2D eigenvalue weighted by molar-refractivity contribution is 7.47. The maximum Gasteiger partial charge on any atom is 0.472 e. The number of allylic oxidation sites excluding steroid dienone is 16. The van der Waals surface area contributed by atoms with Crippen LogP contribution >= 0.6 is 7.82 Å². The quantitative estimate of drug-likeness (QED) is 0.0268. The molecule has 9 heteroatoms. The van der Waals surface area contributed by atoms with Crippen molar-refractivity contribution in [2.24, 2.45) is 5.73 Å². The van der Waals surface area contributed by atoms with Gasteiger partial charge >= 0.3 is 13.8 Å². The lowest BCUT2D eigenvalue weighted by Gasteiger charge is -2.20. The molecule has 64 heavy (non-hydrogen) atoms. The Kier molecular flexibility index (Phi) is 49.3. The Labute approximate surface area is 393 Å². The maximum atomic E-state index is 12.7. The number of nitrogens with two attached hydrogens (primary N) is 1. The van der Waals surface area contributed by atoms with Gasteiger partial charge in [0.15, 0.2) is 0 Å². The topological polar surface area (TPSA) is 117 Å². The largest absolute Gasteiger partial charge is 0.472 e. The number of hydrogen-bond donors (Lipinski definition) is 2. The summed E-state index contributed by atoms with van der Waals surface area (Å²) in [5, 5.41) is 0. The average Bonchev–Trinajstić information content (AvgIpc) is 3.29. The van der Waals surface area contributed by atoms with Crippen molar-refractivity contribution in [2.75, 3.05) is 33.0 Å². The number of phosphoric ester groups is 1. The van der Waals surface area contributed by atoms with Gasteiger partial charge in [-0.25, -0.2) is 4.57 Å². The average molecular weight is 914 g/mol. The molecule has 0 amide bonds. The van der Waals surface area contributed by atoms with Gasteiger partial charge in [-0.2, -0.15) is 0 Å². The van der Waals surface area contributed by atoms with E-state index in [1.54, 1.807) is 0 Å². The molecule has 0 saturated heterocycles. The summed E-state index contributed by atoms with van der Waals surface area (Å²) >= 11 is 0. The van der Waals surface area contributed by atoms with Crippen LogP contribution in [0.25, 0.3) is 0 Å². The molecule has 0 bridgehead atoms. The normalized spacial score (nSPS) is 14.1. The van der Waals surface area contributed by atoms with E-state index in [0.29, 0.717) is 13.0 Å². The lowest BCUT2D eigenvalue weighted by molar-refractivity contribution is -0.154. The summed E-state index contributed by atoms with van der Waals surface area (Å²) in [6, 6.07) is 0. The van der Waals surface area contributed by atoms with Crippen molar-refractivity contribution in [2.45, 2.75) is 213 Å². The van der Waals surface area contributed by atoms with E-state index in [1.165, 1.54) is 89.9 Å². The van der Waals surface area contributed by atoms with Crippen LogP contribution in [0, 0.1) is 0 Å². The van der Waals surface area contributed by atoms with E-state index in [1.807, 2.05) is 0 Å². The zero-order valence-electron chi connectivity index (χ0n) is 41.0. The molecule has 3 N–H and O–H groups in total. The van der Waals surface area contributed by atoms with E-state index in [4.69, 9.17) is 24.3 Å². The minimum atomic E-state index is -4.30. The monoisotopic (exact) mass is 914 g/mol. The third-order valence-corrected chi connectivity index (χ3v) is 11.5. The van der Waals surface area contributed by atoms with E-state index in [0.717, 1.165) is 96.3 Å². The van der Waals surface area contributed by atoms with Crippen molar-refractivity contribution >= 4 is 13.8 Å². The molecule has 8 nitrogen and oxygen atoms in total. The van der Waals surface area contributed by atoms with Crippen LogP contribution in [0.5, 0.6) is 0 Å². The molecule has 0 heterocycles. The van der Waals surface area contributed by atoms with Gasteiger partial charge in [-0.1, -0.05) is 201 Å². The minimum absolute atomic E-state index is 0.0899. The van der Waals surface area contributed by atoms with Gasteiger partial charge in [0.2, 0.25) is 0 Å². The Bertz CT molecular complexity index is 1300. The third kappa shape index (κ3) is 50.4. The fourth-order valence-electron chi connectivity index (χ4n) is 6.74. The molecular weight excluding hydrogens is 818 g/mol. The second-order valence-electron chi connectivity index (χ2n) is 16.6. The molecule has 0 aliphatic heterocycles. The van der Waals surface area contributed by atoms with E-state index in [9.17, 15) is 14.3 Å². The minimum Gasteiger partial charge on any atom is -0.457 e. The SMILES string of the molecule is CC/C=C\C/C=C\C/C=C\C/C=C\C/C=C\CCCCCCOCC(COP(=O)(O)OCCN)OC(=O)CCCCCCCCCCCC/C=C\C/C=C\C/C=C\CCCCCCC. The van der Waals surface area contributed by atoms with Gasteiger partial charge in [-0.15, -0.1) is 0 Å². The fourth-order valence-corrected chi connectivity index (χ4v) is 7.50.